The molecule has 1 aliphatic rings. The van der Waals surface area contributed by atoms with Crippen molar-refractivity contribution in [1.29, 1.82) is 0 Å². The van der Waals surface area contributed by atoms with Gasteiger partial charge in [-0.25, -0.2) is 0 Å². The van der Waals surface area contributed by atoms with Crippen LogP contribution >= 0.6 is 0 Å². The molecule has 1 N–H and O–H groups in total. The maximum absolute atomic E-state index is 11.9. The summed E-state index contributed by atoms with van der Waals surface area (Å²) in [5.74, 6) is -0.768. The van der Waals surface area contributed by atoms with Gasteiger partial charge in [0, 0.05) is 19.7 Å². The second-order valence-corrected chi connectivity index (χ2v) is 5.38. The molecule has 1 unspecified atom stereocenters. The highest BCUT2D eigenvalue weighted by molar-refractivity contribution is 5.75. The number of hydrogen-bond donors (Lipinski definition) is 1. The predicted octanol–water partition coefficient (Wildman–Crippen LogP) is 2.53. The zero-order chi connectivity index (χ0) is 15.2. The summed E-state index contributed by atoms with van der Waals surface area (Å²) in [6.07, 6.45) is -1.73. The van der Waals surface area contributed by atoms with Crippen molar-refractivity contribution in [2.45, 2.75) is 38.8 Å². The molecule has 1 fully saturated rings. The van der Waals surface area contributed by atoms with E-state index in [0.717, 1.165) is 6.42 Å². The van der Waals surface area contributed by atoms with Crippen LogP contribution in [0.5, 0.6) is 0 Å². The molecule has 4 nitrogen and oxygen atoms in total. The van der Waals surface area contributed by atoms with Crippen molar-refractivity contribution in [3.8, 4) is 0 Å². The Morgan fingerprint density at radius 3 is 2.70 bits per heavy atom. The zero-order valence-electron chi connectivity index (χ0n) is 11.7. The Balaban J connectivity index is 2.25. The van der Waals surface area contributed by atoms with Gasteiger partial charge in [0.1, 0.15) is 6.61 Å². The van der Waals surface area contributed by atoms with E-state index in [9.17, 15) is 23.1 Å². The Hall–Kier alpha value is -0.820. The summed E-state index contributed by atoms with van der Waals surface area (Å²) in [6.45, 7) is 2.53. The lowest BCUT2D eigenvalue weighted by Crippen LogP contribution is -2.35. The van der Waals surface area contributed by atoms with E-state index >= 15 is 0 Å². The average molecular weight is 297 g/mol. The number of carboxylic acids is 1. The van der Waals surface area contributed by atoms with Crippen molar-refractivity contribution in [2.24, 2.45) is 5.41 Å². The van der Waals surface area contributed by atoms with Gasteiger partial charge in [-0.2, -0.15) is 13.2 Å². The molecule has 20 heavy (non-hydrogen) atoms. The predicted molar refractivity (Wildman–Crippen MR) is 67.5 cm³/mol. The Kier molecular flexibility index (Phi) is 6.26. The third kappa shape index (κ3) is 5.28. The number of rotatable bonds is 8. The molecule has 0 saturated carbocycles. The van der Waals surface area contributed by atoms with E-state index in [0.29, 0.717) is 38.9 Å². The van der Waals surface area contributed by atoms with E-state index in [1.54, 1.807) is 0 Å². The van der Waals surface area contributed by atoms with Gasteiger partial charge < -0.3 is 14.7 Å². The van der Waals surface area contributed by atoms with Crippen LogP contribution in [0.3, 0.4) is 0 Å². The summed E-state index contributed by atoms with van der Waals surface area (Å²) in [5, 5.41) is 9.34. The lowest BCUT2D eigenvalue weighted by Gasteiger charge is -2.24. The molecule has 0 aliphatic carbocycles. The molecule has 0 aromatic heterocycles. The van der Waals surface area contributed by atoms with Gasteiger partial charge in [0.25, 0.3) is 0 Å². The Labute approximate surface area is 116 Å². The summed E-state index contributed by atoms with van der Waals surface area (Å²) in [4.78, 5) is 13.4. The maximum Gasteiger partial charge on any atom is 0.411 e. The van der Waals surface area contributed by atoms with Gasteiger partial charge >= 0.3 is 12.1 Å². The normalized spacial score (nSPS) is 24.2. The Morgan fingerprint density at radius 1 is 1.45 bits per heavy atom. The number of likely N-dealkylation sites (tertiary alicyclic amines) is 1. The number of alkyl halides is 3. The van der Waals surface area contributed by atoms with Crippen molar-refractivity contribution in [1.82, 2.24) is 4.90 Å². The molecular weight excluding hydrogens is 275 g/mol. The van der Waals surface area contributed by atoms with Gasteiger partial charge in [0.2, 0.25) is 0 Å². The van der Waals surface area contributed by atoms with Gasteiger partial charge in [0.05, 0.1) is 5.41 Å². The molecule has 0 bridgehead atoms. The van der Waals surface area contributed by atoms with Gasteiger partial charge in [0.15, 0.2) is 0 Å². The van der Waals surface area contributed by atoms with Gasteiger partial charge in [-0.1, -0.05) is 13.3 Å². The molecular formula is C13H22F3NO3. The number of nitrogens with zero attached hydrogens (tertiary/aromatic N) is 1. The summed E-state index contributed by atoms with van der Waals surface area (Å²) in [5.41, 5.74) is -0.679. The summed E-state index contributed by atoms with van der Waals surface area (Å²) < 4.78 is 40.1. The molecule has 0 aromatic rings. The average Bonchev–Trinajstić information content (AvgIpc) is 2.72. The van der Waals surface area contributed by atoms with Gasteiger partial charge in [-0.15, -0.1) is 0 Å². The molecule has 1 aliphatic heterocycles. The molecule has 1 rings (SSSR count). The fraction of sp³-hybridized carbons (Fsp3) is 0.923. The van der Waals surface area contributed by atoms with Crippen molar-refractivity contribution < 1.29 is 27.8 Å². The van der Waals surface area contributed by atoms with Crippen LogP contribution in [0.4, 0.5) is 13.2 Å². The minimum Gasteiger partial charge on any atom is -0.481 e. The molecule has 7 heteroatoms. The van der Waals surface area contributed by atoms with E-state index in [2.05, 4.69) is 4.74 Å². The van der Waals surface area contributed by atoms with E-state index < -0.39 is 24.2 Å². The molecule has 118 valence electrons. The quantitative estimate of drug-likeness (QED) is 0.700. The first-order chi connectivity index (χ1) is 9.29. The lowest BCUT2D eigenvalue weighted by molar-refractivity contribution is -0.174. The van der Waals surface area contributed by atoms with Crippen molar-refractivity contribution in [3.63, 3.8) is 0 Å². The van der Waals surface area contributed by atoms with Crippen LogP contribution in [0.25, 0.3) is 0 Å². The second-order valence-electron chi connectivity index (χ2n) is 5.38. The first kappa shape index (κ1) is 17.2. The smallest absolute Gasteiger partial charge is 0.411 e. The largest absolute Gasteiger partial charge is 0.481 e. The van der Waals surface area contributed by atoms with Gasteiger partial charge in [-0.3, -0.25) is 4.79 Å². The van der Waals surface area contributed by atoms with E-state index in [1.165, 1.54) is 0 Å². The standard InChI is InChI=1S/C13H22F3NO3/c1-2-4-12(11(18)19)5-7-17(9-12)6-3-8-20-10-13(14,15)16/h2-10H2,1H3,(H,18,19). The Bertz CT molecular complexity index is 322. The molecule has 1 saturated heterocycles. The van der Waals surface area contributed by atoms with Crippen molar-refractivity contribution in [2.75, 3.05) is 32.8 Å². The Morgan fingerprint density at radius 2 is 2.15 bits per heavy atom. The number of ether oxygens (including phenoxy) is 1. The first-order valence-corrected chi connectivity index (χ1v) is 6.89. The SMILES string of the molecule is CCCC1(C(=O)O)CCN(CCCOCC(F)(F)F)C1. The highest BCUT2D eigenvalue weighted by Crippen LogP contribution is 2.35. The number of halogens is 3. The third-order valence-corrected chi connectivity index (χ3v) is 3.64. The first-order valence-electron chi connectivity index (χ1n) is 6.89. The minimum absolute atomic E-state index is 0.0455. The van der Waals surface area contributed by atoms with Crippen LogP contribution in [0.2, 0.25) is 0 Å². The molecule has 1 atom stereocenters. The monoisotopic (exact) mass is 297 g/mol. The van der Waals surface area contributed by atoms with Crippen LogP contribution in [0, 0.1) is 5.41 Å². The zero-order valence-corrected chi connectivity index (χ0v) is 11.7. The van der Waals surface area contributed by atoms with Crippen molar-refractivity contribution in [3.05, 3.63) is 0 Å². The summed E-state index contributed by atoms with van der Waals surface area (Å²) in [7, 11) is 0. The summed E-state index contributed by atoms with van der Waals surface area (Å²) in [6, 6.07) is 0. The van der Waals surface area contributed by atoms with Crippen molar-refractivity contribution >= 4 is 5.97 Å². The third-order valence-electron chi connectivity index (χ3n) is 3.64. The van der Waals surface area contributed by atoms with E-state index in [1.807, 2.05) is 11.8 Å². The lowest BCUT2D eigenvalue weighted by atomic mass is 9.83. The van der Waals surface area contributed by atoms with Crippen LogP contribution < -0.4 is 0 Å². The maximum atomic E-state index is 11.9. The minimum atomic E-state index is -4.28. The fourth-order valence-electron chi connectivity index (χ4n) is 2.69. The van der Waals surface area contributed by atoms with Gasteiger partial charge in [-0.05, 0) is 25.8 Å². The molecule has 0 radical (unpaired) electrons. The summed E-state index contributed by atoms with van der Waals surface area (Å²) >= 11 is 0. The van der Waals surface area contributed by atoms with Crippen LogP contribution in [0.15, 0.2) is 0 Å². The molecule has 1 heterocycles. The van der Waals surface area contributed by atoms with Crippen LogP contribution in [-0.4, -0.2) is 55.0 Å². The molecule has 0 aromatic carbocycles. The van der Waals surface area contributed by atoms with E-state index in [-0.39, 0.29) is 6.61 Å². The number of carboxylic acid groups (broad SMARTS) is 1. The van der Waals surface area contributed by atoms with Crippen LogP contribution in [-0.2, 0) is 9.53 Å². The van der Waals surface area contributed by atoms with E-state index in [4.69, 9.17) is 0 Å². The highest BCUT2D eigenvalue weighted by atomic mass is 19.4. The fourth-order valence-corrected chi connectivity index (χ4v) is 2.69. The second kappa shape index (κ2) is 7.26. The number of carbonyl (C=O) groups is 1. The molecule has 0 spiro atoms. The number of aliphatic carboxylic acids is 1. The van der Waals surface area contributed by atoms with Crippen LogP contribution in [0.1, 0.15) is 32.6 Å². The topological polar surface area (TPSA) is 49.8 Å². The number of hydrogen-bond acceptors (Lipinski definition) is 3. The molecule has 0 amide bonds. The highest BCUT2D eigenvalue weighted by Gasteiger charge is 2.43.